The number of carboxylic acids is 1. The Labute approximate surface area is 137 Å². The van der Waals surface area contributed by atoms with E-state index < -0.39 is 12.1 Å². The van der Waals surface area contributed by atoms with Gasteiger partial charge < -0.3 is 24.8 Å². The molecule has 0 aromatic carbocycles. The lowest BCUT2D eigenvalue weighted by molar-refractivity contribution is -0.155. The first-order valence-electron chi connectivity index (χ1n) is 7.35. The molecule has 2 atom stereocenters. The topological polar surface area (TPSA) is 130 Å². The summed E-state index contributed by atoms with van der Waals surface area (Å²) in [5.74, 6) is -1.58. The van der Waals surface area contributed by atoms with Crippen LogP contribution in [-0.4, -0.2) is 58.6 Å². The standard InChI is InChI=1S/C7H12O4.C6H14O2.C2H4O2/c1-5(11-7(3)9)4-10-6(2)8;1-2-3-4-6(8)5-7;1-2(3)4/h5H,4H2,1-3H3;6-8H,2-5H2,1H3;1H3,(H,3,4). The van der Waals surface area contributed by atoms with Crippen LogP contribution in [0.5, 0.6) is 0 Å². The number of ether oxygens (including phenoxy) is 2. The molecule has 23 heavy (non-hydrogen) atoms. The first kappa shape index (κ1) is 26.2. The number of unbranched alkanes of at least 4 members (excludes halogenated alkanes) is 1. The molecule has 0 spiro atoms. The highest BCUT2D eigenvalue weighted by Gasteiger charge is 2.06. The molecule has 0 radical (unpaired) electrons. The lowest BCUT2D eigenvalue weighted by Crippen LogP contribution is -2.19. The monoisotopic (exact) mass is 338 g/mol. The van der Waals surface area contributed by atoms with Crippen molar-refractivity contribution in [2.75, 3.05) is 13.2 Å². The molecule has 0 aliphatic carbocycles. The molecular weight excluding hydrogens is 308 g/mol. The van der Waals surface area contributed by atoms with Gasteiger partial charge in [-0.05, 0) is 13.3 Å². The Morgan fingerprint density at radius 2 is 1.57 bits per heavy atom. The zero-order valence-corrected chi connectivity index (χ0v) is 14.6. The Morgan fingerprint density at radius 1 is 1.09 bits per heavy atom. The number of hydrogen-bond acceptors (Lipinski definition) is 7. The quantitative estimate of drug-likeness (QED) is 0.589. The zero-order chi connectivity index (χ0) is 18.8. The van der Waals surface area contributed by atoms with Crippen molar-refractivity contribution >= 4 is 17.9 Å². The van der Waals surface area contributed by atoms with Crippen molar-refractivity contribution in [3.05, 3.63) is 0 Å². The first-order valence-corrected chi connectivity index (χ1v) is 7.35. The molecule has 0 aromatic heterocycles. The fourth-order valence-electron chi connectivity index (χ4n) is 1.08. The van der Waals surface area contributed by atoms with E-state index in [0.29, 0.717) is 0 Å². The number of esters is 2. The Bertz CT molecular complexity index is 313. The number of aliphatic carboxylic acids is 1. The molecular formula is C15H30O8. The smallest absolute Gasteiger partial charge is 0.303 e. The summed E-state index contributed by atoms with van der Waals surface area (Å²) in [4.78, 5) is 29.6. The molecule has 2 unspecified atom stereocenters. The number of aliphatic hydroxyl groups is 2. The van der Waals surface area contributed by atoms with Crippen LogP contribution in [0.2, 0.25) is 0 Å². The van der Waals surface area contributed by atoms with Crippen molar-refractivity contribution in [1.82, 2.24) is 0 Å². The Morgan fingerprint density at radius 3 is 1.87 bits per heavy atom. The normalized spacial score (nSPS) is 11.6. The Hall–Kier alpha value is -1.67. The van der Waals surface area contributed by atoms with E-state index >= 15 is 0 Å². The number of carbonyl (C=O) groups is 3. The molecule has 3 N–H and O–H groups in total. The minimum Gasteiger partial charge on any atom is -0.481 e. The average Bonchev–Trinajstić information content (AvgIpc) is 2.42. The highest BCUT2D eigenvalue weighted by Crippen LogP contribution is 1.97. The fraction of sp³-hybridized carbons (Fsp3) is 0.800. The summed E-state index contributed by atoms with van der Waals surface area (Å²) in [6, 6.07) is 0. The van der Waals surface area contributed by atoms with Gasteiger partial charge in [-0.25, -0.2) is 0 Å². The molecule has 0 fully saturated rings. The van der Waals surface area contributed by atoms with Crippen LogP contribution in [0.15, 0.2) is 0 Å². The van der Waals surface area contributed by atoms with E-state index in [1.807, 2.05) is 0 Å². The lowest BCUT2D eigenvalue weighted by atomic mass is 10.2. The molecule has 0 heterocycles. The maximum absolute atomic E-state index is 10.3. The molecule has 0 aliphatic heterocycles. The summed E-state index contributed by atoms with van der Waals surface area (Å²) in [6.45, 7) is 7.44. The average molecular weight is 338 g/mol. The van der Waals surface area contributed by atoms with Gasteiger partial charge in [0.1, 0.15) is 12.7 Å². The minimum atomic E-state index is -0.833. The van der Waals surface area contributed by atoms with Crippen molar-refractivity contribution in [1.29, 1.82) is 0 Å². The lowest BCUT2D eigenvalue weighted by Gasteiger charge is -2.10. The summed E-state index contributed by atoms with van der Waals surface area (Å²) in [7, 11) is 0. The minimum absolute atomic E-state index is 0.0972. The van der Waals surface area contributed by atoms with Gasteiger partial charge in [-0.3, -0.25) is 14.4 Å². The van der Waals surface area contributed by atoms with E-state index in [1.54, 1.807) is 6.92 Å². The summed E-state index contributed by atoms with van der Waals surface area (Å²) in [6.07, 6.45) is 1.96. The van der Waals surface area contributed by atoms with Gasteiger partial charge >= 0.3 is 11.9 Å². The van der Waals surface area contributed by atoms with Crippen molar-refractivity contribution in [2.45, 2.75) is 66.1 Å². The van der Waals surface area contributed by atoms with E-state index in [-0.39, 0.29) is 31.3 Å². The Kier molecular flexibility index (Phi) is 21.0. The second-order valence-corrected chi connectivity index (χ2v) is 4.72. The van der Waals surface area contributed by atoms with Crippen LogP contribution in [0.4, 0.5) is 0 Å². The number of rotatable bonds is 7. The van der Waals surface area contributed by atoms with Gasteiger partial charge in [0.05, 0.1) is 12.7 Å². The van der Waals surface area contributed by atoms with Crippen molar-refractivity contribution in [3.63, 3.8) is 0 Å². The predicted molar refractivity (Wildman–Crippen MR) is 83.8 cm³/mol. The van der Waals surface area contributed by atoms with E-state index in [1.165, 1.54) is 13.8 Å². The second kappa shape index (κ2) is 18.4. The highest BCUT2D eigenvalue weighted by atomic mass is 16.6. The van der Waals surface area contributed by atoms with Crippen molar-refractivity contribution < 1.29 is 39.2 Å². The third-order valence-corrected chi connectivity index (χ3v) is 1.99. The first-order chi connectivity index (χ1) is 10.6. The van der Waals surface area contributed by atoms with E-state index in [2.05, 4.69) is 16.4 Å². The molecule has 0 aliphatic rings. The maximum Gasteiger partial charge on any atom is 0.303 e. The van der Waals surface area contributed by atoms with Gasteiger partial charge in [0.2, 0.25) is 0 Å². The molecule has 0 amide bonds. The van der Waals surface area contributed by atoms with E-state index in [9.17, 15) is 9.59 Å². The molecule has 0 saturated heterocycles. The summed E-state index contributed by atoms with van der Waals surface area (Å²) < 4.78 is 9.27. The van der Waals surface area contributed by atoms with Crippen LogP contribution >= 0.6 is 0 Å². The highest BCUT2D eigenvalue weighted by molar-refractivity contribution is 5.67. The van der Waals surface area contributed by atoms with Gasteiger partial charge in [0, 0.05) is 20.8 Å². The van der Waals surface area contributed by atoms with Gasteiger partial charge in [-0.1, -0.05) is 19.8 Å². The number of hydrogen-bond donors (Lipinski definition) is 3. The van der Waals surface area contributed by atoms with Crippen LogP contribution in [0.3, 0.4) is 0 Å². The molecule has 138 valence electrons. The van der Waals surface area contributed by atoms with E-state index in [4.69, 9.17) is 20.1 Å². The molecule has 0 rings (SSSR count). The van der Waals surface area contributed by atoms with Crippen LogP contribution in [0.1, 0.15) is 53.9 Å². The predicted octanol–water partition coefficient (Wildman–Crippen LogP) is 1.12. The van der Waals surface area contributed by atoms with Crippen LogP contribution in [-0.2, 0) is 23.9 Å². The summed E-state index contributed by atoms with van der Waals surface area (Å²) in [5.41, 5.74) is 0. The fourth-order valence-corrected chi connectivity index (χ4v) is 1.08. The Balaban J connectivity index is -0.000000292. The second-order valence-electron chi connectivity index (χ2n) is 4.72. The summed E-state index contributed by atoms with van der Waals surface area (Å²) >= 11 is 0. The van der Waals surface area contributed by atoms with Gasteiger partial charge in [0.25, 0.3) is 5.97 Å². The maximum atomic E-state index is 10.3. The van der Waals surface area contributed by atoms with Crippen molar-refractivity contribution in [2.24, 2.45) is 0 Å². The van der Waals surface area contributed by atoms with Gasteiger partial charge in [-0.15, -0.1) is 0 Å². The SMILES string of the molecule is CC(=O)O.CC(=O)OCC(C)OC(C)=O.CCCCC(O)CO. The molecule has 8 nitrogen and oxygen atoms in total. The van der Waals surface area contributed by atoms with Crippen molar-refractivity contribution in [3.8, 4) is 0 Å². The van der Waals surface area contributed by atoms with Crippen LogP contribution in [0.25, 0.3) is 0 Å². The van der Waals surface area contributed by atoms with Gasteiger partial charge in [-0.2, -0.15) is 0 Å². The number of carboxylic acid groups (broad SMARTS) is 1. The molecule has 8 heteroatoms. The number of aliphatic hydroxyl groups excluding tert-OH is 2. The molecule has 0 saturated carbocycles. The van der Waals surface area contributed by atoms with E-state index in [0.717, 1.165) is 26.2 Å². The zero-order valence-electron chi connectivity index (χ0n) is 14.6. The molecule has 0 aromatic rings. The van der Waals surface area contributed by atoms with Gasteiger partial charge in [0.15, 0.2) is 0 Å². The van der Waals surface area contributed by atoms with Crippen LogP contribution in [0, 0.1) is 0 Å². The third kappa shape index (κ3) is 38.4. The third-order valence-electron chi connectivity index (χ3n) is 1.99. The summed E-state index contributed by atoms with van der Waals surface area (Å²) in [5, 5.41) is 24.5. The number of carbonyl (C=O) groups excluding carboxylic acids is 2. The largest absolute Gasteiger partial charge is 0.481 e. The molecule has 0 bridgehead atoms. The van der Waals surface area contributed by atoms with Crippen LogP contribution < -0.4 is 0 Å².